The summed E-state index contributed by atoms with van der Waals surface area (Å²) >= 11 is 4.08. The monoisotopic (exact) mass is 355 g/mol. The Bertz CT molecular complexity index is 526. The lowest BCUT2D eigenvalue weighted by molar-refractivity contribution is 0.885. The highest BCUT2D eigenvalue weighted by Gasteiger charge is 2.04. The molecule has 2 rings (SSSR count). The Morgan fingerprint density at radius 2 is 2.12 bits per heavy atom. The van der Waals surface area contributed by atoms with Crippen LogP contribution < -0.4 is 0 Å². The van der Waals surface area contributed by atoms with Crippen molar-refractivity contribution in [2.75, 3.05) is 0 Å². The smallest absolute Gasteiger partial charge is 0.167 e. The van der Waals surface area contributed by atoms with Gasteiger partial charge < -0.3 is 0 Å². The number of hydrogen-bond donors (Lipinski definition) is 0. The summed E-state index contributed by atoms with van der Waals surface area (Å²) in [7, 11) is 0. The van der Waals surface area contributed by atoms with E-state index in [4.69, 9.17) is 0 Å². The van der Waals surface area contributed by atoms with Crippen LogP contribution in [0.4, 0.5) is 0 Å². The third-order valence-corrected chi connectivity index (χ3v) is 4.63. The van der Waals surface area contributed by atoms with Crippen LogP contribution in [0.25, 0.3) is 0 Å². The van der Waals surface area contributed by atoms with E-state index in [-0.39, 0.29) is 0 Å². The Hall–Kier alpha value is -0.600. The molecular formula is C14H14INS. The minimum absolute atomic E-state index is 0.543. The second-order valence-corrected chi connectivity index (χ2v) is 6.73. The van der Waals surface area contributed by atoms with Gasteiger partial charge in [0.2, 0.25) is 0 Å². The topological polar surface area (TPSA) is 12.9 Å². The van der Waals surface area contributed by atoms with Gasteiger partial charge in [-0.2, -0.15) is 0 Å². The molecule has 1 aromatic heterocycles. The van der Waals surface area contributed by atoms with Crippen molar-refractivity contribution in [3.05, 3.63) is 37.4 Å². The molecule has 1 heterocycles. The molecule has 0 saturated heterocycles. The van der Waals surface area contributed by atoms with Crippen molar-refractivity contribution in [2.45, 2.75) is 32.6 Å². The highest BCUT2D eigenvalue weighted by Crippen LogP contribution is 2.23. The first-order chi connectivity index (χ1) is 8.15. The molecule has 0 aromatic carbocycles. The van der Waals surface area contributed by atoms with Crippen LogP contribution in [0.2, 0.25) is 0 Å². The second kappa shape index (κ2) is 5.83. The highest BCUT2D eigenvalue weighted by atomic mass is 127. The molecule has 0 saturated carbocycles. The molecule has 0 amide bonds. The second-order valence-electron chi connectivity index (χ2n) is 4.28. The Labute approximate surface area is 120 Å². The Morgan fingerprint density at radius 3 is 2.71 bits per heavy atom. The Kier molecular flexibility index (Phi) is 4.41. The van der Waals surface area contributed by atoms with Crippen LogP contribution in [-0.2, 0) is 0 Å². The summed E-state index contributed by atoms with van der Waals surface area (Å²) < 4.78 is 1.41. The molecule has 0 bridgehead atoms. The van der Waals surface area contributed by atoms with Gasteiger partial charge in [-0.1, -0.05) is 25.8 Å². The van der Waals surface area contributed by atoms with E-state index in [1.807, 2.05) is 6.20 Å². The van der Waals surface area contributed by atoms with Gasteiger partial charge in [-0.3, -0.25) is 0 Å². The summed E-state index contributed by atoms with van der Waals surface area (Å²) in [5, 5.41) is 0.929. The zero-order chi connectivity index (χ0) is 12.3. The normalized spacial score (nSPS) is 15.1. The largest absolute Gasteiger partial charge is 0.236 e. The van der Waals surface area contributed by atoms with Gasteiger partial charge in [0.1, 0.15) is 0 Å². The van der Waals surface area contributed by atoms with E-state index in [2.05, 4.69) is 65.4 Å². The molecule has 0 unspecified atom stereocenters. The molecule has 0 spiro atoms. The third kappa shape index (κ3) is 3.68. The van der Waals surface area contributed by atoms with Crippen LogP contribution in [-0.4, -0.2) is 4.98 Å². The molecule has 0 atom stereocenters. The maximum absolute atomic E-state index is 4.34. The minimum atomic E-state index is 0.543. The number of aromatic nitrogens is 1. The van der Waals surface area contributed by atoms with Gasteiger partial charge in [0, 0.05) is 16.6 Å². The summed E-state index contributed by atoms with van der Waals surface area (Å²) in [6, 6.07) is 0. The quantitative estimate of drug-likeness (QED) is 0.528. The molecular weight excluding hydrogens is 341 g/mol. The van der Waals surface area contributed by atoms with E-state index in [1.54, 1.807) is 11.3 Å². The maximum atomic E-state index is 4.34. The van der Waals surface area contributed by atoms with Crippen LogP contribution in [0.5, 0.6) is 0 Å². The maximum Gasteiger partial charge on any atom is 0.167 e. The lowest BCUT2D eigenvalue weighted by atomic mass is 10.1. The number of rotatable bonds is 1. The fourth-order valence-corrected chi connectivity index (χ4v) is 2.68. The molecule has 1 aromatic rings. The van der Waals surface area contributed by atoms with E-state index < -0.39 is 0 Å². The first-order valence-corrected chi connectivity index (χ1v) is 7.57. The molecule has 1 aliphatic rings. The first kappa shape index (κ1) is 12.8. The van der Waals surface area contributed by atoms with Gasteiger partial charge in [0.15, 0.2) is 5.01 Å². The van der Waals surface area contributed by atoms with Crippen LogP contribution >= 0.6 is 33.9 Å². The summed E-state index contributed by atoms with van der Waals surface area (Å²) in [5.41, 5.74) is 1.21. The molecule has 1 nitrogen and oxygen atoms in total. The molecule has 88 valence electrons. The summed E-state index contributed by atoms with van der Waals surface area (Å²) in [6.07, 6.45) is 8.39. The Morgan fingerprint density at radius 1 is 1.29 bits per heavy atom. The van der Waals surface area contributed by atoms with Crippen molar-refractivity contribution in [1.29, 1.82) is 0 Å². The summed E-state index contributed by atoms with van der Waals surface area (Å²) in [5.74, 6) is 6.93. The number of halogens is 1. The van der Waals surface area contributed by atoms with Crippen LogP contribution in [0.1, 0.15) is 42.5 Å². The number of nitrogens with zero attached hydrogens (tertiary/aromatic N) is 1. The van der Waals surface area contributed by atoms with Crippen molar-refractivity contribution in [3.8, 4) is 11.8 Å². The molecule has 0 N–H and O–H groups in total. The fourth-order valence-electron chi connectivity index (χ4n) is 1.46. The lowest BCUT2D eigenvalue weighted by Gasteiger charge is -2.04. The zero-order valence-electron chi connectivity index (χ0n) is 9.96. The summed E-state index contributed by atoms with van der Waals surface area (Å²) in [6.45, 7) is 4.36. The molecule has 1 aliphatic carbocycles. The summed E-state index contributed by atoms with van der Waals surface area (Å²) in [4.78, 5) is 5.64. The lowest BCUT2D eigenvalue weighted by Crippen LogP contribution is -1.86. The average Bonchev–Trinajstić information content (AvgIpc) is 2.77. The van der Waals surface area contributed by atoms with Gasteiger partial charge in [-0.15, -0.1) is 11.3 Å². The van der Waals surface area contributed by atoms with Crippen molar-refractivity contribution in [2.24, 2.45) is 0 Å². The predicted octanol–water partition coefficient (Wildman–Crippen LogP) is 4.66. The van der Waals surface area contributed by atoms with Crippen molar-refractivity contribution in [1.82, 2.24) is 4.98 Å². The van der Waals surface area contributed by atoms with Crippen LogP contribution in [0, 0.1) is 11.8 Å². The SMILES string of the molecule is CC(C)c1cnc(C#CC2=CC=C(I)CC2)s1. The Balaban J connectivity index is 2.11. The van der Waals surface area contributed by atoms with E-state index in [0.29, 0.717) is 5.92 Å². The van der Waals surface area contributed by atoms with Gasteiger partial charge in [0.25, 0.3) is 0 Å². The van der Waals surface area contributed by atoms with E-state index in [1.165, 1.54) is 14.0 Å². The van der Waals surface area contributed by atoms with E-state index in [9.17, 15) is 0 Å². The van der Waals surface area contributed by atoms with E-state index >= 15 is 0 Å². The minimum Gasteiger partial charge on any atom is -0.236 e. The molecule has 0 aliphatic heterocycles. The number of hydrogen-bond acceptors (Lipinski definition) is 2. The molecule has 17 heavy (non-hydrogen) atoms. The van der Waals surface area contributed by atoms with Gasteiger partial charge in [-0.05, 0) is 56.9 Å². The number of allylic oxidation sites excluding steroid dienone is 4. The average molecular weight is 355 g/mol. The first-order valence-electron chi connectivity index (χ1n) is 5.68. The molecule has 0 radical (unpaired) electrons. The third-order valence-electron chi connectivity index (χ3n) is 2.52. The standard InChI is InChI=1S/C14H14INS/c1-10(2)13-9-16-14(17-13)8-5-11-3-6-12(15)7-4-11/h3,6,9-10H,4,7H2,1-2H3. The molecule has 0 fully saturated rings. The number of thiazole rings is 1. The zero-order valence-corrected chi connectivity index (χ0v) is 12.9. The van der Waals surface area contributed by atoms with Gasteiger partial charge in [-0.25, -0.2) is 4.98 Å². The van der Waals surface area contributed by atoms with Crippen molar-refractivity contribution in [3.63, 3.8) is 0 Å². The van der Waals surface area contributed by atoms with E-state index in [0.717, 1.165) is 17.8 Å². The molecule has 3 heteroatoms. The van der Waals surface area contributed by atoms with Crippen molar-refractivity contribution < 1.29 is 0 Å². The van der Waals surface area contributed by atoms with Crippen molar-refractivity contribution >= 4 is 33.9 Å². The highest BCUT2D eigenvalue weighted by molar-refractivity contribution is 14.1. The van der Waals surface area contributed by atoms with Crippen LogP contribution in [0.15, 0.2) is 27.5 Å². The van der Waals surface area contributed by atoms with Crippen LogP contribution in [0.3, 0.4) is 0 Å². The predicted molar refractivity (Wildman–Crippen MR) is 82.5 cm³/mol. The fraction of sp³-hybridized carbons (Fsp3) is 0.357. The van der Waals surface area contributed by atoms with Gasteiger partial charge in [0.05, 0.1) is 0 Å². The van der Waals surface area contributed by atoms with Gasteiger partial charge >= 0.3 is 0 Å².